The topological polar surface area (TPSA) is 96.2 Å². The zero-order chi connectivity index (χ0) is 27.4. The van der Waals surface area contributed by atoms with Crippen molar-refractivity contribution in [2.75, 3.05) is 19.5 Å². The molecule has 1 unspecified atom stereocenters. The number of benzene rings is 2. The van der Waals surface area contributed by atoms with Gasteiger partial charge in [-0.05, 0) is 68.5 Å². The van der Waals surface area contributed by atoms with Crippen molar-refractivity contribution in [1.29, 1.82) is 0 Å². The Kier molecular flexibility index (Phi) is 8.53. The van der Waals surface area contributed by atoms with Crippen LogP contribution in [0.25, 0.3) is 6.08 Å². The Morgan fingerprint density at radius 2 is 1.84 bits per heavy atom. The van der Waals surface area contributed by atoms with Gasteiger partial charge in [0.15, 0.2) is 16.3 Å². The van der Waals surface area contributed by atoms with Gasteiger partial charge in [0.2, 0.25) is 0 Å². The molecule has 1 aliphatic rings. The fourth-order valence-electron chi connectivity index (χ4n) is 4.17. The van der Waals surface area contributed by atoms with Crippen molar-refractivity contribution in [3.05, 3.63) is 84.5 Å². The second kappa shape index (κ2) is 11.8. The van der Waals surface area contributed by atoms with Crippen LogP contribution >= 0.6 is 23.1 Å². The zero-order valence-corrected chi connectivity index (χ0v) is 23.4. The number of rotatable bonds is 8. The van der Waals surface area contributed by atoms with E-state index >= 15 is 0 Å². The summed E-state index contributed by atoms with van der Waals surface area (Å²) >= 11 is 2.85. The molecule has 0 aliphatic carbocycles. The fourth-order valence-corrected chi connectivity index (χ4v) is 5.62. The molecule has 0 fully saturated rings. The summed E-state index contributed by atoms with van der Waals surface area (Å²) in [5, 5.41) is 0. The summed E-state index contributed by atoms with van der Waals surface area (Å²) in [7, 11) is 0. The van der Waals surface area contributed by atoms with Gasteiger partial charge in [-0.25, -0.2) is 9.79 Å². The largest absolute Gasteiger partial charge is 0.490 e. The highest BCUT2D eigenvalue weighted by atomic mass is 32.2. The van der Waals surface area contributed by atoms with E-state index in [2.05, 4.69) is 4.99 Å². The van der Waals surface area contributed by atoms with E-state index in [1.54, 1.807) is 54.5 Å². The van der Waals surface area contributed by atoms with Crippen LogP contribution in [0.2, 0.25) is 0 Å². The average Bonchev–Trinajstić information content (AvgIpc) is 3.19. The van der Waals surface area contributed by atoms with E-state index in [4.69, 9.17) is 14.2 Å². The average molecular weight is 553 g/mol. The summed E-state index contributed by atoms with van der Waals surface area (Å²) in [5.41, 5.74) is 2.06. The maximum Gasteiger partial charge on any atom is 0.338 e. The molecule has 2 heterocycles. The minimum atomic E-state index is -0.673. The number of allylic oxidation sites excluding steroid dienone is 1. The van der Waals surface area contributed by atoms with E-state index in [-0.39, 0.29) is 12.2 Å². The van der Waals surface area contributed by atoms with Crippen LogP contribution in [-0.2, 0) is 14.3 Å². The monoisotopic (exact) mass is 552 g/mol. The van der Waals surface area contributed by atoms with Gasteiger partial charge in [0, 0.05) is 11.8 Å². The number of ether oxygens (including phenoxy) is 3. The van der Waals surface area contributed by atoms with Gasteiger partial charge >= 0.3 is 11.9 Å². The molecule has 0 N–H and O–H groups in total. The maximum atomic E-state index is 13.8. The van der Waals surface area contributed by atoms with Crippen molar-refractivity contribution in [3.8, 4) is 11.5 Å². The first-order valence-corrected chi connectivity index (χ1v) is 14.1. The number of aromatic nitrogens is 1. The molecule has 0 saturated carbocycles. The Morgan fingerprint density at radius 3 is 2.47 bits per heavy atom. The molecule has 3 aromatic rings. The van der Waals surface area contributed by atoms with Gasteiger partial charge in [-0.1, -0.05) is 29.5 Å². The number of thioether (sulfide) groups is 1. The lowest BCUT2D eigenvalue weighted by Gasteiger charge is -2.24. The number of carbonyl (C=O) groups is 2. The summed E-state index contributed by atoms with van der Waals surface area (Å²) in [4.78, 5) is 44.4. The molecule has 0 spiro atoms. The van der Waals surface area contributed by atoms with Gasteiger partial charge in [-0.15, -0.1) is 11.8 Å². The van der Waals surface area contributed by atoms with Crippen LogP contribution in [-0.4, -0.2) is 36.0 Å². The van der Waals surface area contributed by atoms with E-state index in [1.807, 2.05) is 37.4 Å². The van der Waals surface area contributed by atoms with Gasteiger partial charge < -0.3 is 14.2 Å². The molecule has 0 bridgehead atoms. The lowest BCUT2D eigenvalue weighted by Crippen LogP contribution is -2.39. The number of nitrogens with zero attached hydrogens (tertiary/aromatic N) is 2. The van der Waals surface area contributed by atoms with Crippen molar-refractivity contribution in [2.45, 2.75) is 38.6 Å². The van der Waals surface area contributed by atoms with Gasteiger partial charge in [-0.2, -0.15) is 0 Å². The van der Waals surface area contributed by atoms with Gasteiger partial charge in [0.05, 0.1) is 35.1 Å². The van der Waals surface area contributed by atoms with Crippen LogP contribution in [0.4, 0.5) is 0 Å². The minimum Gasteiger partial charge on any atom is -0.490 e. The second-order valence-electron chi connectivity index (χ2n) is 8.31. The SMILES string of the molecule is CCOC(=O)C1=C(C)N=c2s/c(=C\c3ccc(OC(C)=O)c(OCC)c3)c(=O)n2C1c1ccc(SC)cc1. The third-order valence-corrected chi connectivity index (χ3v) is 7.49. The molecule has 1 atom stereocenters. The molecule has 2 aromatic carbocycles. The Hall–Kier alpha value is -3.63. The molecule has 0 amide bonds. The summed E-state index contributed by atoms with van der Waals surface area (Å²) in [5.74, 6) is -0.243. The Bertz CT molecular complexity index is 1580. The summed E-state index contributed by atoms with van der Waals surface area (Å²) < 4.78 is 18.2. The number of fused-ring (bicyclic) bond motifs is 1. The number of hydrogen-bond acceptors (Lipinski definition) is 9. The Balaban J connectivity index is 1.88. The van der Waals surface area contributed by atoms with Gasteiger partial charge in [-0.3, -0.25) is 14.2 Å². The number of carbonyl (C=O) groups excluding carboxylic acids is 2. The lowest BCUT2D eigenvalue weighted by atomic mass is 9.96. The summed E-state index contributed by atoms with van der Waals surface area (Å²) in [6.07, 6.45) is 3.73. The molecule has 8 nitrogen and oxygen atoms in total. The molecule has 0 saturated heterocycles. The molecule has 10 heteroatoms. The van der Waals surface area contributed by atoms with Crippen molar-refractivity contribution >= 4 is 41.1 Å². The Labute approximate surface area is 228 Å². The van der Waals surface area contributed by atoms with E-state index in [1.165, 1.54) is 18.3 Å². The highest BCUT2D eigenvalue weighted by Crippen LogP contribution is 2.32. The molecule has 38 heavy (non-hydrogen) atoms. The van der Waals surface area contributed by atoms with Crippen LogP contribution in [0.5, 0.6) is 11.5 Å². The number of hydrogen-bond donors (Lipinski definition) is 0. The highest BCUT2D eigenvalue weighted by Gasteiger charge is 2.33. The normalized spacial score (nSPS) is 15.1. The van der Waals surface area contributed by atoms with Crippen LogP contribution in [0.15, 0.2) is 68.4 Å². The van der Waals surface area contributed by atoms with Crippen molar-refractivity contribution in [2.24, 2.45) is 4.99 Å². The molecule has 1 aromatic heterocycles. The molecule has 0 radical (unpaired) electrons. The van der Waals surface area contributed by atoms with Crippen LogP contribution in [0, 0.1) is 0 Å². The van der Waals surface area contributed by atoms with Crippen molar-refractivity contribution in [1.82, 2.24) is 4.57 Å². The van der Waals surface area contributed by atoms with Gasteiger partial charge in [0.25, 0.3) is 5.56 Å². The van der Waals surface area contributed by atoms with Crippen molar-refractivity contribution < 1.29 is 23.8 Å². The number of thiazole rings is 1. The molecular weight excluding hydrogens is 524 g/mol. The van der Waals surface area contributed by atoms with Crippen LogP contribution < -0.4 is 24.4 Å². The lowest BCUT2D eigenvalue weighted by molar-refractivity contribution is -0.139. The standard InChI is InChI=1S/C28H28N2O6S2/c1-6-34-22-14-18(8-13-21(22)36-17(4)31)15-23-26(32)30-25(19-9-11-20(37-5)12-10-19)24(27(33)35-7-2)16(3)29-28(30)38-23/h8-15,25H,6-7H2,1-5H3/b23-15-. The van der Waals surface area contributed by atoms with Gasteiger partial charge in [0.1, 0.15) is 0 Å². The first-order chi connectivity index (χ1) is 18.3. The summed E-state index contributed by atoms with van der Waals surface area (Å²) in [6, 6.07) is 12.2. The van der Waals surface area contributed by atoms with Crippen LogP contribution in [0.3, 0.4) is 0 Å². The van der Waals surface area contributed by atoms with E-state index in [0.29, 0.717) is 44.3 Å². The highest BCUT2D eigenvalue weighted by molar-refractivity contribution is 7.98. The molecule has 198 valence electrons. The molecular formula is C28H28N2O6S2. The fraction of sp³-hybridized carbons (Fsp3) is 0.286. The minimum absolute atomic E-state index is 0.212. The third kappa shape index (κ3) is 5.61. The first-order valence-electron chi connectivity index (χ1n) is 12.1. The van der Waals surface area contributed by atoms with Crippen LogP contribution in [0.1, 0.15) is 44.9 Å². The third-order valence-electron chi connectivity index (χ3n) is 5.77. The zero-order valence-electron chi connectivity index (χ0n) is 21.8. The predicted octanol–water partition coefficient (Wildman–Crippen LogP) is 3.84. The van der Waals surface area contributed by atoms with E-state index < -0.39 is 18.0 Å². The quantitative estimate of drug-likeness (QED) is 0.238. The molecule has 1 aliphatic heterocycles. The van der Waals surface area contributed by atoms with Crippen molar-refractivity contribution in [3.63, 3.8) is 0 Å². The second-order valence-corrected chi connectivity index (χ2v) is 10.2. The van der Waals surface area contributed by atoms with E-state index in [0.717, 1.165) is 10.5 Å². The predicted molar refractivity (Wildman–Crippen MR) is 148 cm³/mol. The number of esters is 2. The summed E-state index contributed by atoms with van der Waals surface area (Å²) in [6.45, 7) is 7.25. The molecule has 4 rings (SSSR count). The maximum absolute atomic E-state index is 13.8. The smallest absolute Gasteiger partial charge is 0.338 e. The Morgan fingerprint density at radius 1 is 1.11 bits per heavy atom. The van der Waals surface area contributed by atoms with E-state index in [9.17, 15) is 14.4 Å². The first kappa shape index (κ1) is 27.4.